The van der Waals surface area contributed by atoms with Gasteiger partial charge >= 0.3 is 0 Å². The van der Waals surface area contributed by atoms with Crippen molar-refractivity contribution in [3.8, 4) is 11.4 Å². The minimum Gasteiger partial charge on any atom is -0.387 e. The Bertz CT molecular complexity index is 770. The van der Waals surface area contributed by atoms with Crippen molar-refractivity contribution < 1.29 is 4.39 Å². The zero-order valence-corrected chi connectivity index (χ0v) is 11.3. The summed E-state index contributed by atoms with van der Waals surface area (Å²) in [7, 11) is 1.79. The summed E-state index contributed by atoms with van der Waals surface area (Å²) in [5, 5.41) is 3.60. The molecule has 0 aliphatic carbocycles. The number of aromatic nitrogens is 2. The molecule has 3 nitrogen and oxygen atoms in total. The number of anilines is 1. The van der Waals surface area contributed by atoms with Crippen LogP contribution in [-0.4, -0.2) is 17.0 Å². The molecule has 3 aromatic rings. The van der Waals surface area contributed by atoms with Gasteiger partial charge in [-0.25, -0.2) is 9.37 Å². The van der Waals surface area contributed by atoms with Crippen LogP contribution >= 0.6 is 0 Å². The maximum absolute atomic E-state index is 14.1. The average Bonchev–Trinajstić information content (AvgIpc) is 2.48. The first-order chi connectivity index (χ1) is 9.72. The lowest BCUT2D eigenvalue weighted by atomic mass is 10.0. The van der Waals surface area contributed by atoms with Crippen molar-refractivity contribution in [2.24, 2.45) is 0 Å². The van der Waals surface area contributed by atoms with Crippen LogP contribution in [0, 0.1) is 12.7 Å². The van der Waals surface area contributed by atoms with Gasteiger partial charge in [-0.1, -0.05) is 12.1 Å². The van der Waals surface area contributed by atoms with Gasteiger partial charge in [-0.2, -0.15) is 0 Å². The van der Waals surface area contributed by atoms with Crippen molar-refractivity contribution in [1.29, 1.82) is 0 Å². The molecule has 0 aliphatic rings. The van der Waals surface area contributed by atoms with Gasteiger partial charge in [0.05, 0.1) is 28.0 Å². The molecule has 0 bridgehead atoms. The normalized spacial score (nSPS) is 10.8. The van der Waals surface area contributed by atoms with E-state index in [9.17, 15) is 4.39 Å². The second-order valence-corrected chi connectivity index (χ2v) is 4.56. The van der Waals surface area contributed by atoms with Gasteiger partial charge in [0, 0.05) is 18.8 Å². The molecule has 0 spiro atoms. The Kier molecular flexibility index (Phi) is 3.06. The van der Waals surface area contributed by atoms with E-state index in [1.165, 1.54) is 6.07 Å². The van der Waals surface area contributed by atoms with Crippen LogP contribution in [0.25, 0.3) is 22.3 Å². The maximum Gasteiger partial charge on any atom is 0.134 e. The molecule has 0 atom stereocenters. The van der Waals surface area contributed by atoms with Crippen LogP contribution in [0.3, 0.4) is 0 Å². The van der Waals surface area contributed by atoms with Gasteiger partial charge in [-0.05, 0) is 31.2 Å². The van der Waals surface area contributed by atoms with Gasteiger partial charge in [-0.3, -0.25) is 4.98 Å². The minimum absolute atomic E-state index is 0.268. The topological polar surface area (TPSA) is 37.8 Å². The predicted molar refractivity (Wildman–Crippen MR) is 79.2 cm³/mol. The molecule has 4 heteroatoms. The molecule has 0 fully saturated rings. The lowest BCUT2D eigenvalue weighted by molar-refractivity contribution is 0.640. The molecular weight excluding hydrogens is 253 g/mol. The number of nitrogens with one attached hydrogen (secondary N) is 1. The predicted octanol–water partition coefficient (Wildman–Crippen LogP) is 3.79. The molecule has 3 rings (SSSR count). The molecule has 0 aliphatic heterocycles. The monoisotopic (exact) mass is 267 g/mol. The van der Waals surface area contributed by atoms with Crippen LogP contribution in [0.1, 0.15) is 5.56 Å². The molecule has 0 saturated heterocycles. The Balaban J connectivity index is 2.39. The third kappa shape index (κ3) is 1.90. The van der Waals surface area contributed by atoms with Crippen LogP contribution in [0.5, 0.6) is 0 Å². The molecule has 0 unspecified atom stereocenters. The zero-order valence-electron chi connectivity index (χ0n) is 11.3. The summed E-state index contributed by atoms with van der Waals surface area (Å²) in [5.41, 5.74) is 3.83. The van der Waals surface area contributed by atoms with E-state index >= 15 is 0 Å². The lowest BCUT2D eigenvalue weighted by Gasteiger charge is -2.14. The van der Waals surface area contributed by atoms with Gasteiger partial charge in [0.2, 0.25) is 0 Å². The smallest absolute Gasteiger partial charge is 0.134 e. The fourth-order valence-corrected chi connectivity index (χ4v) is 2.43. The van der Waals surface area contributed by atoms with Crippen molar-refractivity contribution in [1.82, 2.24) is 9.97 Å². The van der Waals surface area contributed by atoms with E-state index in [0.29, 0.717) is 10.9 Å². The number of pyridine rings is 2. The number of halogens is 1. The fourth-order valence-electron chi connectivity index (χ4n) is 2.43. The Hall–Kier alpha value is -2.49. The number of hydrogen-bond acceptors (Lipinski definition) is 3. The van der Waals surface area contributed by atoms with Crippen molar-refractivity contribution in [3.63, 3.8) is 0 Å². The molecule has 0 saturated carbocycles. The van der Waals surface area contributed by atoms with Gasteiger partial charge < -0.3 is 5.32 Å². The summed E-state index contributed by atoms with van der Waals surface area (Å²) >= 11 is 0. The average molecular weight is 267 g/mol. The number of rotatable bonds is 2. The van der Waals surface area contributed by atoms with Gasteiger partial charge in [-0.15, -0.1) is 0 Å². The first kappa shape index (κ1) is 12.5. The molecule has 2 aromatic heterocycles. The molecule has 1 aromatic carbocycles. The summed E-state index contributed by atoms with van der Waals surface area (Å²) in [6.07, 6.45) is 1.73. The highest BCUT2D eigenvalue weighted by molar-refractivity contribution is 5.96. The largest absolute Gasteiger partial charge is 0.387 e. The Morgan fingerprint density at radius 1 is 1.10 bits per heavy atom. The highest BCUT2D eigenvalue weighted by Crippen LogP contribution is 2.33. The van der Waals surface area contributed by atoms with E-state index in [0.717, 1.165) is 22.6 Å². The van der Waals surface area contributed by atoms with Crippen molar-refractivity contribution in [2.75, 3.05) is 12.4 Å². The number of benzene rings is 1. The molecule has 1 N–H and O–H groups in total. The fraction of sp³-hybridized carbons (Fsp3) is 0.125. The van der Waals surface area contributed by atoms with E-state index in [4.69, 9.17) is 0 Å². The van der Waals surface area contributed by atoms with E-state index in [-0.39, 0.29) is 5.82 Å². The SMILES string of the molecule is CNc1c(C)c(-c2ccccn2)nc2cccc(F)c12. The number of hydrogen-bond donors (Lipinski definition) is 1. The second-order valence-electron chi connectivity index (χ2n) is 4.56. The van der Waals surface area contributed by atoms with Crippen LogP contribution < -0.4 is 5.32 Å². The highest BCUT2D eigenvalue weighted by Gasteiger charge is 2.15. The maximum atomic E-state index is 14.1. The van der Waals surface area contributed by atoms with Gasteiger partial charge in [0.25, 0.3) is 0 Å². The van der Waals surface area contributed by atoms with E-state index in [1.807, 2.05) is 31.2 Å². The molecular formula is C16H14FN3. The summed E-state index contributed by atoms with van der Waals surface area (Å²) in [5.74, 6) is -0.268. The first-order valence-corrected chi connectivity index (χ1v) is 6.40. The van der Waals surface area contributed by atoms with Crippen LogP contribution in [-0.2, 0) is 0 Å². The standard InChI is InChI=1S/C16H14FN3/c1-10-15(13-7-3-4-9-19-13)20-12-8-5-6-11(17)14(12)16(10)18-2/h3-9H,1-2H3,(H,18,20). The molecule has 20 heavy (non-hydrogen) atoms. The van der Waals surface area contributed by atoms with Crippen molar-refractivity contribution in [3.05, 3.63) is 54.0 Å². The number of nitrogens with zero attached hydrogens (tertiary/aromatic N) is 2. The zero-order chi connectivity index (χ0) is 14.1. The van der Waals surface area contributed by atoms with Crippen molar-refractivity contribution in [2.45, 2.75) is 6.92 Å². The third-order valence-electron chi connectivity index (χ3n) is 3.36. The Labute approximate surface area is 116 Å². The summed E-state index contributed by atoms with van der Waals surface area (Å²) in [4.78, 5) is 8.90. The molecule has 0 amide bonds. The molecule has 100 valence electrons. The Morgan fingerprint density at radius 2 is 1.95 bits per heavy atom. The molecule has 2 heterocycles. The summed E-state index contributed by atoms with van der Waals surface area (Å²) < 4.78 is 14.1. The summed E-state index contributed by atoms with van der Waals surface area (Å²) in [6, 6.07) is 10.6. The van der Waals surface area contributed by atoms with E-state index < -0.39 is 0 Å². The first-order valence-electron chi connectivity index (χ1n) is 6.40. The van der Waals surface area contributed by atoms with Crippen LogP contribution in [0.15, 0.2) is 42.6 Å². The second kappa shape index (κ2) is 4.89. The van der Waals surface area contributed by atoms with E-state index in [1.54, 1.807) is 19.3 Å². The van der Waals surface area contributed by atoms with Crippen LogP contribution in [0.4, 0.5) is 10.1 Å². The molecule has 0 radical (unpaired) electrons. The lowest BCUT2D eigenvalue weighted by Crippen LogP contribution is -2.01. The quantitative estimate of drug-likeness (QED) is 0.767. The third-order valence-corrected chi connectivity index (χ3v) is 3.36. The van der Waals surface area contributed by atoms with Crippen LogP contribution in [0.2, 0.25) is 0 Å². The highest BCUT2D eigenvalue weighted by atomic mass is 19.1. The minimum atomic E-state index is -0.268. The Morgan fingerprint density at radius 3 is 2.65 bits per heavy atom. The van der Waals surface area contributed by atoms with E-state index in [2.05, 4.69) is 15.3 Å². The number of fused-ring (bicyclic) bond motifs is 1. The van der Waals surface area contributed by atoms with Gasteiger partial charge in [0.1, 0.15) is 5.82 Å². The van der Waals surface area contributed by atoms with Gasteiger partial charge in [0.15, 0.2) is 0 Å². The summed E-state index contributed by atoms with van der Waals surface area (Å²) in [6.45, 7) is 1.93. The van der Waals surface area contributed by atoms with Crippen molar-refractivity contribution >= 4 is 16.6 Å².